The van der Waals surface area contributed by atoms with Crippen molar-refractivity contribution in [3.8, 4) is 0 Å². The lowest BCUT2D eigenvalue weighted by atomic mass is 9.61. The van der Waals surface area contributed by atoms with Crippen molar-refractivity contribution < 1.29 is 14.3 Å². The van der Waals surface area contributed by atoms with Crippen molar-refractivity contribution in [2.75, 3.05) is 14.1 Å². The van der Waals surface area contributed by atoms with Crippen molar-refractivity contribution in [3.05, 3.63) is 47.6 Å². The van der Waals surface area contributed by atoms with Crippen LogP contribution in [0.3, 0.4) is 0 Å². The van der Waals surface area contributed by atoms with Crippen molar-refractivity contribution in [1.82, 2.24) is 4.90 Å². The lowest BCUT2D eigenvalue weighted by Crippen LogP contribution is -2.44. The molecule has 4 unspecified atom stereocenters. The quantitative estimate of drug-likeness (QED) is 0.231. The van der Waals surface area contributed by atoms with Crippen LogP contribution in [-0.2, 0) is 9.22 Å². The Balaban J connectivity index is 1.44. The van der Waals surface area contributed by atoms with Gasteiger partial charge in [-0.2, -0.15) is 0 Å². The Labute approximate surface area is 252 Å². The molecule has 4 saturated carbocycles. The molecule has 0 saturated heterocycles. The van der Waals surface area contributed by atoms with Crippen molar-refractivity contribution in [2.45, 2.75) is 129 Å². The van der Waals surface area contributed by atoms with Gasteiger partial charge >= 0.3 is 0 Å². The standard InChI is InChI=1S/C36H59NO3Si/c1-25-13-17-29(40-41(9,10)34(3,4)5)24-28(25)16-15-27-12-11-21-35(6)30(18-19-31(27)35)26(2)14-20-32(38)36(22-23-36)33(39)37(7)8/h14-16,20,26,29-32,38H,1,11-13,17-19,21-24H2,2-10H3/b20-14+,27-15+,28-16-/t26-,29?,30?,31?,32?,35-/m1/s1. The third-order valence-electron chi connectivity index (χ3n) is 11.9. The van der Waals surface area contributed by atoms with Crippen molar-refractivity contribution >= 4 is 14.2 Å². The van der Waals surface area contributed by atoms with Crippen LogP contribution < -0.4 is 0 Å². The van der Waals surface area contributed by atoms with Crippen LogP contribution in [-0.4, -0.2) is 50.5 Å². The molecule has 0 bridgehead atoms. The highest BCUT2D eigenvalue weighted by molar-refractivity contribution is 6.74. The number of carbonyl (C=O) groups excluding carboxylic acids is 1. The molecule has 1 amide bonds. The molecule has 0 aliphatic heterocycles. The number of amides is 1. The fourth-order valence-corrected chi connectivity index (χ4v) is 9.42. The molecular weight excluding hydrogens is 522 g/mol. The fourth-order valence-electron chi connectivity index (χ4n) is 8.03. The predicted molar refractivity (Wildman–Crippen MR) is 174 cm³/mol. The van der Waals surface area contributed by atoms with Gasteiger partial charge in [-0.25, -0.2) is 0 Å². The Kier molecular flexibility index (Phi) is 9.44. The Morgan fingerprint density at radius 2 is 1.78 bits per heavy atom. The molecule has 4 fully saturated rings. The maximum atomic E-state index is 12.7. The number of fused-ring (bicyclic) bond motifs is 1. The molecule has 0 aromatic heterocycles. The van der Waals surface area contributed by atoms with E-state index in [1.165, 1.54) is 43.3 Å². The molecule has 4 nitrogen and oxygen atoms in total. The Bertz CT molecular complexity index is 1090. The van der Waals surface area contributed by atoms with Gasteiger partial charge in [0.15, 0.2) is 8.32 Å². The highest BCUT2D eigenvalue weighted by Gasteiger charge is 2.55. The van der Waals surface area contributed by atoms with E-state index in [9.17, 15) is 9.90 Å². The van der Waals surface area contributed by atoms with Gasteiger partial charge in [0.05, 0.1) is 11.5 Å². The number of rotatable bonds is 8. The zero-order chi connectivity index (χ0) is 30.4. The van der Waals surface area contributed by atoms with Crippen LogP contribution in [0.1, 0.15) is 98.8 Å². The van der Waals surface area contributed by atoms with Crippen molar-refractivity contribution in [3.63, 3.8) is 0 Å². The van der Waals surface area contributed by atoms with Gasteiger partial charge in [0.2, 0.25) is 5.91 Å². The van der Waals surface area contributed by atoms with E-state index in [1.54, 1.807) is 24.6 Å². The number of allylic oxidation sites excluding steroid dienone is 5. The van der Waals surface area contributed by atoms with Crippen LogP contribution in [0, 0.1) is 28.6 Å². The topological polar surface area (TPSA) is 49.8 Å². The van der Waals surface area contributed by atoms with E-state index in [4.69, 9.17) is 4.43 Å². The van der Waals surface area contributed by atoms with Gasteiger partial charge in [0.1, 0.15) is 0 Å². The number of aliphatic hydroxyl groups excluding tert-OH is 1. The number of aliphatic hydroxyl groups is 1. The van der Waals surface area contributed by atoms with Crippen molar-refractivity contribution in [2.24, 2.45) is 28.6 Å². The van der Waals surface area contributed by atoms with Gasteiger partial charge in [-0.05, 0) is 111 Å². The summed E-state index contributed by atoms with van der Waals surface area (Å²) in [5, 5.41) is 11.2. The maximum absolute atomic E-state index is 12.7. The van der Waals surface area contributed by atoms with E-state index in [2.05, 4.69) is 72.5 Å². The first-order valence-electron chi connectivity index (χ1n) is 16.4. The molecule has 4 aliphatic carbocycles. The average Bonchev–Trinajstić information content (AvgIpc) is 3.62. The summed E-state index contributed by atoms with van der Waals surface area (Å²) < 4.78 is 6.82. The maximum Gasteiger partial charge on any atom is 0.231 e. The van der Waals surface area contributed by atoms with Crippen molar-refractivity contribution in [1.29, 1.82) is 0 Å². The minimum Gasteiger partial charge on any atom is -0.414 e. The van der Waals surface area contributed by atoms with Crippen LogP contribution in [0.25, 0.3) is 0 Å². The van der Waals surface area contributed by atoms with E-state index in [0.717, 1.165) is 32.1 Å². The van der Waals surface area contributed by atoms with Gasteiger partial charge < -0.3 is 14.4 Å². The molecule has 0 radical (unpaired) electrons. The summed E-state index contributed by atoms with van der Waals surface area (Å²) >= 11 is 0. The molecule has 0 aromatic carbocycles. The van der Waals surface area contributed by atoms with Crippen LogP contribution >= 0.6 is 0 Å². The first-order chi connectivity index (χ1) is 19.0. The highest BCUT2D eigenvalue weighted by atomic mass is 28.4. The monoisotopic (exact) mass is 581 g/mol. The SMILES string of the molecule is C=C1CCC(O[Si](C)(C)C(C)(C)C)C/C1=C/C=C1\CCC[C@@]2(C)C1CCC2[C@H](C)/C=C/C(O)C1(C(=O)N(C)C)CC1. The van der Waals surface area contributed by atoms with Crippen LogP contribution in [0.4, 0.5) is 0 Å². The highest BCUT2D eigenvalue weighted by Crippen LogP contribution is 2.60. The first-order valence-corrected chi connectivity index (χ1v) is 19.3. The largest absolute Gasteiger partial charge is 0.414 e. The van der Waals surface area contributed by atoms with E-state index < -0.39 is 19.8 Å². The number of carbonyl (C=O) groups is 1. The lowest BCUT2D eigenvalue weighted by Gasteiger charge is -2.44. The second kappa shape index (κ2) is 11.9. The van der Waals surface area contributed by atoms with Gasteiger partial charge in [-0.15, -0.1) is 0 Å². The fraction of sp³-hybridized carbons (Fsp3) is 0.750. The molecule has 4 aliphatic rings. The molecule has 0 spiro atoms. The van der Waals surface area contributed by atoms with Crippen LogP contribution in [0.5, 0.6) is 0 Å². The van der Waals surface area contributed by atoms with Gasteiger partial charge in [-0.3, -0.25) is 4.79 Å². The molecular formula is C36H59NO3Si. The summed E-state index contributed by atoms with van der Waals surface area (Å²) in [5.74, 6) is 1.66. The smallest absolute Gasteiger partial charge is 0.231 e. The molecule has 230 valence electrons. The van der Waals surface area contributed by atoms with Gasteiger partial charge in [0, 0.05) is 20.2 Å². The summed E-state index contributed by atoms with van der Waals surface area (Å²) in [6, 6.07) is 0. The van der Waals surface area contributed by atoms with Crippen LogP contribution in [0.15, 0.2) is 47.6 Å². The summed E-state index contributed by atoms with van der Waals surface area (Å²) in [7, 11) is 1.79. The number of nitrogens with zero attached hydrogens (tertiary/aromatic N) is 1. The normalized spacial score (nSPS) is 33.7. The molecule has 5 heteroatoms. The third kappa shape index (κ3) is 6.57. The van der Waals surface area contributed by atoms with E-state index >= 15 is 0 Å². The zero-order valence-electron chi connectivity index (χ0n) is 27.7. The molecule has 0 aromatic rings. The Morgan fingerprint density at radius 3 is 2.39 bits per heavy atom. The number of hydrogen-bond donors (Lipinski definition) is 1. The number of hydrogen-bond acceptors (Lipinski definition) is 3. The molecule has 1 N–H and O–H groups in total. The summed E-state index contributed by atoms with van der Waals surface area (Å²) in [6.07, 6.45) is 19.5. The van der Waals surface area contributed by atoms with E-state index in [1.807, 2.05) is 6.08 Å². The summed E-state index contributed by atoms with van der Waals surface area (Å²) in [6.45, 7) is 21.0. The van der Waals surface area contributed by atoms with Gasteiger partial charge in [0.25, 0.3) is 0 Å². The van der Waals surface area contributed by atoms with Crippen LogP contribution in [0.2, 0.25) is 18.1 Å². The summed E-state index contributed by atoms with van der Waals surface area (Å²) in [4.78, 5) is 14.3. The third-order valence-corrected chi connectivity index (χ3v) is 16.4. The second-order valence-corrected chi connectivity index (χ2v) is 20.7. The minimum absolute atomic E-state index is 0.0601. The predicted octanol–water partition coefficient (Wildman–Crippen LogP) is 8.61. The molecule has 41 heavy (non-hydrogen) atoms. The zero-order valence-corrected chi connectivity index (χ0v) is 28.7. The van der Waals surface area contributed by atoms with E-state index in [0.29, 0.717) is 23.9 Å². The second-order valence-electron chi connectivity index (χ2n) is 15.9. The first kappa shape index (κ1) is 32.5. The molecule has 4 rings (SSSR count). The average molecular weight is 582 g/mol. The summed E-state index contributed by atoms with van der Waals surface area (Å²) in [5.41, 5.74) is 4.00. The lowest BCUT2D eigenvalue weighted by molar-refractivity contribution is -0.137. The van der Waals surface area contributed by atoms with Gasteiger partial charge in [-0.1, -0.05) is 76.6 Å². The molecule has 6 atom stereocenters. The molecule has 0 heterocycles. The van der Waals surface area contributed by atoms with E-state index in [-0.39, 0.29) is 16.4 Å². The minimum atomic E-state index is -1.79. The Morgan fingerprint density at radius 1 is 1.10 bits per heavy atom. The Hall–Kier alpha value is -1.43.